The maximum absolute atomic E-state index is 6.50. The lowest BCUT2D eigenvalue weighted by Gasteiger charge is -2.15. The van der Waals surface area contributed by atoms with E-state index in [1.165, 1.54) is 0 Å². The van der Waals surface area contributed by atoms with E-state index in [0.717, 1.165) is 93.2 Å². The summed E-state index contributed by atoms with van der Waals surface area (Å²) in [5.41, 5.74) is 8.00. The second-order valence-electron chi connectivity index (χ2n) is 13.0. The van der Waals surface area contributed by atoms with Gasteiger partial charge in [-0.25, -0.2) is 15.0 Å². The van der Waals surface area contributed by atoms with Gasteiger partial charge in [0.05, 0.1) is 0 Å². The van der Waals surface area contributed by atoms with E-state index in [0.29, 0.717) is 17.5 Å². The molecule has 0 N–H and O–H groups in total. The van der Waals surface area contributed by atoms with E-state index in [1.54, 1.807) is 0 Å². The van der Waals surface area contributed by atoms with Gasteiger partial charge in [0.1, 0.15) is 22.3 Å². The van der Waals surface area contributed by atoms with E-state index in [2.05, 4.69) is 77.8 Å². The fourth-order valence-electron chi connectivity index (χ4n) is 7.65. The molecule has 6 heteroatoms. The van der Waals surface area contributed by atoms with Gasteiger partial charge >= 0.3 is 0 Å². The third-order valence-electron chi connectivity index (χ3n) is 10.0. The lowest BCUT2D eigenvalue weighted by atomic mass is 9.91. The number of furan rings is 2. The third-order valence-corrected chi connectivity index (χ3v) is 10.0. The molecule has 0 amide bonds. The van der Waals surface area contributed by atoms with Crippen LogP contribution in [-0.2, 0) is 0 Å². The van der Waals surface area contributed by atoms with Crippen molar-refractivity contribution in [2.75, 3.05) is 0 Å². The van der Waals surface area contributed by atoms with Crippen LogP contribution in [0, 0.1) is 0 Å². The van der Waals surface area contributed by atoms with Crippen LogP contribution in [0.15, 0.2) is 167 Å². The van der Waals surface area contributed by atoms with E-state index in [9.17, 15) is 0 Å². The lowest BCUT2D eigenvalue weighted by molar-refractivity contribution is 0.669. The molecule has 0 atom stereocenters. The Morgan fingerprint density at radius 3 is 1.96 bits per heavy atom. The largest absolute Gasteiger partial charge is 0.456 e. The Bertz CT molecular complexity index is 3200. The van der Waals surface area contributed by atoms with Gasteiger partial charge in [0, 0.05) is 56.0 Å². The molecule has 0 fully saturated rings. The minimum absolute atomic E-state index is 0.576. The van der Waals surface area contributed by atoms with Gasteiger partial charge in [-0.1, -0.05) is 109 Å². The Kier molecular flexibility index (Phi) is 6.15. The van der Waals surface area contributed by atoms with Gasteiger partial charge < -0.3 is 8.83 Å². The molecule has 0 bridgehead atoms. The van der Waals surface area contributed by atoms with Crippen molar-refractivity contribution in [1.29, 1.82) is 0 Å². The van der Waals surface area contributed by atoms with Crippen LogP contribution in [0.25, 0.3) is 111 Å². The summed E-state index contributed by atoms with van der Waals surface area (Å²) >= 11 is 0. The zero-order chi connectivity index (χ0) is 34.2. The summed E-state index contributed by atoms with van der Waals surface area (Å²) in [6, 6.07) is 49.6. The first kappa shape index (κ1) is 28.6. The van der Waals surface area contributed by atoms with Crippen LogP contribution in [0.2, 0.25) is 0 Å². The van der Waals surface area contributed by atoms with Gasteiger partial charge in [-0.05, 0) is 63.7 Å². The molecule has 0 unspecified atom stereocenters. The van der Waals surface area contributed by atoms with Crippen LogP contribution in [0.1, 0.15) is 0 Å². The summed E-state index contributed by atoms with van der Waals surface area (Å²) < 4.78 is 12.8. The van der Waals surface area contributed by atoms with Gasteiger partial charge in [-0.3, -0.25) is 4.98 Å². The summed E-state index contributed by atoms with van der Waals surface area (Å²) in [7, 11) is 0. The number of nitrogens with zero attached hydrogens (tertiary/aromatic N) is 4. The Morgan fingerprint density at radius 1 is 0.385 bits per heavy atom. The predicted octanol–water partition coefficient (Wildman–Crippen LogP) is 12.0. The number of fused-ring (bicyclic) bond motifs is 8. The third kappa shape index (κ3) is 4.38. The number of para-hydroxylation sites is 1. The SMILES string of the molecule is c1ccc(-c2nc(-c3c(-c4cccc5oc6cc7cnccc7cc6c45)ccc4ccccc34)nc(-c3cccc4oc5ccccc5c34)n2)cc1. The summed E-state index contributed by atoms with van der Waals surface area (Å²) in [4.78, 5) is 20.1. The normalized spacial score (nSPS) is 11.8. The standard InChI is InChI=1S/C46H26N4O2/c1-2-11-28(12-3-1)44-48-45(35-16-9-19-39-42(35)34-14-6-7-17-37(34)51-39)50-46(49-44)43-31-13-5-4-10-27(31)20-21-33(43)32-15-8-18-38-41(32)36-24-29-22-23-47-26-30(29)25-40(36)52-38/h1-26H. The first-order valence-electron chi connectivity index (χ1n) is 17.2. The molecule has 0 saturated carbocycles. The number of benzene rings is 7. The molecule has 11 rings (SSSR count). The van der Waals surface area contributed by atoms with Crippen molar-refractivity contribution in [2.24, 2.45) is 0 Å². The smallest absolute Gasteiger partial charge is 0.165 e. The fraction of sp³-hybridized carbons (Fsp3) is 0. The van der Waals surface area contributed by atoms with Crippen LogP contribution in [-0.4, -0.2) is 19.9 Å². The zero-order valence-corrected chi connectivity index (χ0v) is 27.6. The Balaban J connectivity index is 1.24. The van der Waals surface area contributed by atoms with Gasteiger partial charge in [0.2, 0.25) is 0 Å². The molecule has 4 heterocycles. The summed E-state index contributed by atoms with van der Waals surface area (Å²) in [6.07, 6.45) is 3.70. The highest BCUT2D eigenvalue weighted by Gasteiger charge is 2.23. The Morgan fingerprint density at radius 2 is 1.08 bits per heavy atom. The van der Waals surface area contributed by atoms with Crippen molar-refractivity contribution >= 4 is 65.4 Å². The lowest BCUT2D eigenvalue weighted by Crippen LogP contribution is -2.02. The molecule has 0 aliphatic heterocycles. The van der Waals surface area contributed by atoms with Gasteiger partial charge in [0.25, 0.3) is 0 Å². The molecule has 52 heavy (non-hydrogen) atoms. The second kappa shape index (κ2) is 11.2. The first-order chi connectivity index (χ1) is 25.8. The Hall–Kier alpha value is -7.18. The van der Waals surface area contributed by atoms with Crippen molar-refractivity contribution in [1.82, 2.24) is 19.9 Å². The highest BCUT2D eigenvalue weighted by molar-refractivity contribution is 6.18. The summed E-state index contributed by atoms with van der Waals surface area (Å²) in [5.74, 6) is 1.75. The maximum Gasteiger partial charge on any atom is 0.165 e. The second-order valence-corrected chi connectivity index (χ2v) is 13.0. The number of pyridine rings is 1. The van der Waals surface area contributed by atoms with Crippen molar-refractivity contribution < 1.29 is 8.83 Å². The highest BCUT2D eigenvalue weighted by Crippen LogP contribution is 2.44. The van der Waals surface area contributed by atoms with E-state index < -0.39 is 0 Å². The molecule has 0 spiro atoms. The number of hydrogen-bond acceptors (Lipinski definition) is 6. The number of aromatic nitrogens is 4. The molecule has 11 aromatic rings. The highest BCUT2D eigenvalue weighted by atomic mass is 16.3. The van der Waals surface area contributed by atoms with Crippen molar-refractivity contribution in [2.45, 2.75) is 0 Å². The molecule has 7 aromatic carbocycles. The van der Waals surface area contributed by atoms with Crippen LogP contribution in [0.4, 0.5) is 0 Å². The molecular formula is C46H26N4O2. The van der Waals surface area contributed by atoms with Crippen LogP contribution in [0.5, 0.6) is 0 Å². The quantitative estimate of drug-likeness (QED) is 0.186. The minimum Gasteiger partial charge on any atom is -0.456 e. The van der Waals surface area contributed by atoms with Gasteiger partial charge in [-0.15, -0.1) is 0 Å². The fourth-order valence-corrected chi connectivity index (χ4v) is 7.65. The van der Waals surface area contributed by atoms with Crippen molar-refractivity contribution in [3.05, 3.63) is 158 Å². The average Bonchev–Trinajstić information content (AvgIpc) is 3.77. The van der Waals surface area contributed by atoms with E-state index in [1.807, 2.05) is 85.2 Å². The zero-order valence-electron chi connectivity index (χ0n) is 27.6. The minimum atomic E-state index is 0.576. The summed E-state index contributed by atoms with van der Waals surface area (Å²) in [6.45, 7) is 0. The van der Waals surface area contributed by atoms with E-state index >= 15 is 0 Å². The van der Waals surface area contributed by atoms with Crippen LogP contribution < -0.4 is 0 Å². The van der Waals surface area contributed by atoms with Gasteiger partial charge in [-0.2, -0.15) is 0 Å². The topological polar surface area (TPSA) is 77.8 Å². The number of rotatable bonds is 4. The number of hydrogen-bond donors (Lipinski definition) is 0. The van der Waals surface area contributed by atoms with Crippen LogP contribution in [0.3, 0.4) is 0 Å². The van der Waals surface area contributed by atoms with Crippen molar-refractivity contribution in [3.8, 4) is 45.3 Å². The molecule has 4 aromatic heterocycles. The molecule has 6 nitrogen and oxygen atoms in total. The molecular weight excluding hydrogens is 641 g/mol. The monoisotopic (exact) mass is 666 g/mol. The van der Waals surface area contributed by atoms with Crippen LogP contribution >= 0.6 is 0 Å². The molecule has 0 aliphatic rings. The predicted molar refractivity (Wildman–Crippen MR) is 209 cm³/mol. The van der Waals surface area contributed by atoms with E-state index in [-0.39, 0.29) is 0 Å². The molecule has 0 saturated heterocycles. The average molecular weight is 667 g/mol. The molecule has 242 valence electrons. The van der Waals surface area contributed by atoms with Gasteiger partial charge in [0.15, 0.2) is 17.5 Å². The summed E-state index contributed by atoms with van der Waals surface area (Å²) in [5, 5.41) is 8.36. The van der Waals surface area contributed by atoms with E-state index in [4.69, 9.17) is 23.8 Å². The molecule has 0 aliphatic carbocycles. The molecule has 0 radical (unpaired) electrons. The Labute approximate surface area is 296 Å². The van der Waals surface area contributed by atoms with Crippen molar-refractivity contribution in [3.63, 3.8) is 0 Å². The maximum atomic E-state index is 6.50. The first-order valence-corrected chi connectivity index (χ1v) is 17.2.